The van der Waals surface area contributed by atoms with Gasteiger partial charge in [0.15, 0.2) is 17.2 Å². The van der Waals surface area contributed by atoms with Crippen LogP contribution in [0.3, 0.4) is 0 Å². The quantitative estimate of drug-likeness (QED) is 0.167. The Hall–Kier alpha value is -3.75. The maximum Gasteiger partial charge on any atom is 0.251 e. The zero-order valence-corrected chi connectivity index (χ0v) is 22.1. The van der Waals surface area contributed by atoms with Gasteiger partial charge in [0.25, 0.3) is 5.91 Å². The van der Waals surface area contributed by atoms with Crippen LogP contribution in [0.4, 0.5) is 0 Å². The van der Waals surface area contributed by atoms with Crippen molar-refractivity contribution in [2.24, 2.45) is 0 Å². The van der Waals surface area contributed by atoms with E-state index in [-0.39, 0.29) is 17.6 Å². The molecule has 0 spiro atoms. The number of aromatic hydroxyl groups is 3. The summed E-state index contributed by atoms with van der Waals surface area (Å²) in [5.74, 6) is -1.45. The highest BCUT2D eigenvalue weighted by atomic mass is 16.5. The Bertz CT molecular complexity index is 1120. The lowest BCUT2D eigenvalue weighted by Gasteiger charge is -2.24. The predicted octanol–water partition coefficient (Wildman–Crippen LogP) is 4.09. The summed E-state index contributed by atoms with van der Waals surface area (Å²) >= 11 is 0. The number of likely N-dealkylation sites (N-methyl/N-ethyl adjacent to an activating group) is 1. The highest BCUT2D eigenvalue weighted by Gasteiger charge is 2.19. The van der Waals surface area contributed by atoms with Crippen molar-refractivity contribution in [3.63, 3.8) is 0 Å². The molecule has 0 bridgehead atoms. The van der Waals surface area contributed by atoms with Crippen LogP contribution in [0, 0.1) is 0 Å². The number of hydrogen-bond donors (Lipinski definition) is 6. The highest BCUT2D eigenvalue weighted by Crippen LogP contribution is 2.35. The van der Waals surface area contributed by atoms with Crippen molar-refractivity contribution in [1.82, 2.24) is 16.0 Å². The molecule has 8 nitrogen and oxygen atoms in total. The van der Waals surface area contributed by atoms with E-state index >= 15 is 0 Å². The molecule has 0 heterocycles. The minimum Gasteiger partial charge on any atom is -0.504 e. The SMILES string of the molecule is CCCC[C@@H](CNC)NC[C@@H](Cc1ccc(OCc2ccccc2)cc1)NC(=O)c1cc(O)c(O)c(O)c1. The lowest BCUT2D eigenvalue weighted by atomic mass is 10.0. The van der Waals surface area contributed by atoms with Crippen LogP contribution in [-0.2, 0) is 13.0 Å². The van der Waals surface area contributed by atoms with Gasteiger partial charge in [0, 0.05) is 30.7 Å². The molecular weight excluding hydrogens is 482 g/mol. The third kappa shape index (κ3) is 8.97. The van der Waals surface area contributed by atoms with E-state index in [0.29, 0.717) is 19.6 Å². The van der Waals surface area contributed by atoms with Crippen LogP contribution in [0.15, 0.2) is 66.7 Å². The van der Waals surface area contributed by atoms with Crippen molar-refractivity contribution in [1.29, 1.82) is 0 Å². The van der Waals surface area contributed by atoms with Crippen LogP contribution in [0.5, 0.6) is 23.0 Å². The van der Waals surface area contributed by atoms with Crippen molar-refractivity contribution in [3.05, 3.63) is 83.4 Å². The number of carbonyl (C=O) groups excluding carboxylic acids is 1. The lowest BCUT2D eigenvalue weighted by molar-refractivity contribution is 0.0934. The van der Waals surface area contributed by atoms with Crippen LogP contribution in [-0.4, -0.2) is 53.4 Å². The van der Waals surface area contributed by atoms with E-state index in [1.807, 2.05) is 61.6 Å². The molecule has 0 saturated carbocycles. The van der Waals surface area contributed by atoms with Gasteiger partial charge in [-0.05, 0) is 55.3 Å². The fourth-order valence-corrected chi connectivity index (χ4v) is 4.21. The van der Waals surface area contributed by atoms with Gasteiger partial charge in [0.1, 0.15) is 12.4 Å². The molecule has 2 atom stereocenters. The van der Waals surface area contributed by atoms with Gasteiger partial charge in [-0.15, -0.1) is 0 Å². The number of phenolic OH excluding ortho intramolecular Hbond substituents is 3. The average Bonchev–Trinajstić information content (AvgIpc) is 2.93. The van der Waals surface area contributed by atoms with Gasteiger partial charge in [-0.1, -0.05) is 62.2 Å². The van der Waals surface area contributed by atoms with Crippen LogP contribution in [0.1, 0.15) is 47.7 Å². The van der Waals surface area contributed by atoms with Gasteiger partial charge in [0.05, 0.1) is 0 Å². The Morgan fingerprint density at radius 3 is 2.21 bits per heavy atom. The van der Waals surface area contributed by atoms with E-state index in [1.54, 1.807) is 0 Å². The summed E-state index contributed by atoms with van der Waals surface area (Å²) in [6, 6.07) is 20.1. The molecule has 38 heavy (non-hydrogen) atoms. The Kier molecular flexibility index (Phi) is 11.3. The number of ether oxygens (including phenoxy) is 1. The van der Waals surface area contributed by atoms with Crippen molar-refractivity contribution >= 4 is 5.91 Å². The molecule has 0 fully saturated rings. The van der Waals surface area contributed by atoms with Crippen molar-refractivity contribution in [2.75, 3.05) is 20.1 Å². The fraction of sp³-hybridized carbons (Fsp3) is 0.367. The van der Waals surface area contributed by atoms with Crippen LogP contribution >= 0.6 is 0 Å². The molecule has 6 N–H and O–H groups in total. The highest BCUT2D eigenvalue weighted by molar-refractivity contribution is 5.95. The lowest BCUT2D eigenvalue weighted by Crippen LogP contribution is -2.48. The molecule has 1 amide bonds. The third-order valence-electron chi connectivity index (χ3n) is 6.33. The Morgan fingerprint density at radius 1 is 0.895 bits per heavy atom. The second kappa shape index (κ2) is 14.9. The van der Waals surface area contributed by atoms with E-state index in [1.165, 1.54) is 0 Å². The normalized spacial score (nSPS) is 12.6. The molecule has 3 rings (SSSR count). The van der Waals surface area contributed by atoms with E-state index in [2.05, 4.69) is 22.9 Å². The number of amides is 1. The van der Waals surface area contributed by atoms with Crippen LogP contribution in [0.25, 0.3) is 0 Å². The molecule has 0 radical (unpaired) electrons. The molecular formula is C30H39N3O5. The number of phenols is 3. The summed E-state index contributed by atoms with van der Waals surface area (Å²) in [6.07, 6.45) is 3.79. The molecule has 0 aliphatic heterocycles. The molecule has 0 saturated heterocycles. The molecule has 3 aromatic rings. The molecule has 3 aromatic carbocycles. The van der Waals surface area contributed by atoms with Gasteiger partial charge in [-0.2, -0.15) is 0 Å². The number of hydrogen-bond acceptors (Lipinski definition) is 7. The maximum absolute atomic E-state index is 13.0. The molecule has 204 valence electrons. The minimum absolute atomic E-state index is 0.0604. The second-order valence-electron chi connectivity index (χ2n) is 9.46. The summed E-state index contributed by atoms with van der Waals surface area (Å²) < 4.78 is 5.89. The maximum atomic E-state index is 13.0. The molecule has 0 aromatic heterocycles. The largest absolute Gasteiger partial charge is 0.504 e. The van der Waals surface area contributed by atoms with Crippen molar-refractivity contribution in [2.45, 2.75) is 51.3 Å². The van der Waals surface area contributed by atoms with E-state index < -0.39 is 23.2 Å². The summed E-state index contributed by atoms with van der Waals surface area (Å²) in [7, 11) is 1.92. The first-order chi connectivity index (χ1) is 18.4. The first-order valence-corrected chi connectivity index (χ1v) is 13.1. The summed E-state index contributed by atoms with van der Waals surface area (Å²) in [5, 5.41) is 39.1. The Labute approximate surface area is 224 Å². The number of nitrogens with one attached hydrogen (secondary N) is 3. The average molecular weight is 522 g/mol. The van der Waals surface area contributed by atoms with Gasteiger partial charge in [-0.25, -0.2) is 0 Å². The fourth-order valence-electron chi connectivity index (χ4n) is 4.21. The van der Waals surface area contributed by atoms with Gasteiger partial charge < -0.3 is 36.0 Å². The Balaban J connectivity index is 1.69. The zero-order valence-electron chi connectivity index (χ0n) is 22.1. The van der Waals surface area contributed by atoms with Gasteiger partial charge in [-0.3, -0.25) is 4.79 Å². The summed E-state index contributed by atoms with van der Waals surface area (Å²) in [6.45, 7) is 3.99. The molecule has 8 heteroatoms. The number of rotatable bonds is 15. The van der Waals surface area contributed by atoms with Gasteiger partial charge in [0.2, 0.25) is 0 Å². The van der Waals surface area contributed by atoms with Crippen molar-refractivity contribution < 1.29 is 24.9 Å². The molecule has 0 unspecified atom stereocenters. The van der Waals surface area contributed by atoms with E-state index in [4.69, 9.17) is 4.74 Å². The first-order valence-electron chi connectivity index (χ1n) is 13.1. The van der Waals surface area contributed by atoms with Crippen LogP contribution in [0.2, 0.25) is 0 Å². The monoisotopic (exact) mass is 521 g/mol. The molecule has 0 aliphatic rings. The minimum atomic E-state index is -0.653. The topological polar surface area (TPSA) is 123 Å². The van der Waals surface area contributed by atoms with E-state index in [0.717, 1.165) is 54.8 Å². The number of unbranched alkanes of at least 4 members (excludes halogenated alkanes) is 1. The first kappa shape index (κ1) is 28.8. The number of carbonyl (C=O) groups is 1. The van der Waals surface area contributed by atoms with Gasteiger partial charge >= 0.3 is 0 Å². The zero-order chi connectivity index (χ0) is 27.3. The Morgan fingerprint density at radius 2 is 1.58 bits per heavy atom. The summed E-state index contributed by atoms with van der Waals surface area (Å²) in [5.41, 5.74) is 2.18. The third-order valence-corrected chi connectivity index (χ3v) is 6.33. The summed E-state index contributed by atoms with van der Waals surface area (Å²) in [4.78, 5) is 13.0. The smallest absolute Gasteiger partial charge is 0.251 e. The second-order valence-corrected chi connectivity index (χ2v) is 9.46. The molecule has 0 aliphatic carbocycles. The van der Waals surface area contributed by atoms with E-state index in [9.17, 15) is 20.1 Å². The van der Waals surface area contributed by atoms with Crippen molar-refractivity contribution in [3.8, 4) is 23.0 Å². The number of benzene rings is 3. The predicted molar refractivity (Wildman–Crippen MR) is 149 cm³/mol. The van der Waals surface area contributed by atoms with Crippen LogP contribution < -0.4 is 20.7 Å². The standard InChI is InChI=1S/C30H39N3O5/c1-3-4-10-24(18-31-2)32-19-25(33-30(37)23-16-27(34)29(36)28(35)17-23)15-21-11-13-26(14-12-21)38-20-22-8-6-5-7-9-22/h5-9,11-14,16-17,24-25,31-32,34-36H,3-4,10,15,18-20H2,1-2H3,(H,33,37)/t24-,25+/m0/s1.